The number of nitrogens with two attached hydrogens (primary N) is 2. The second kappa shape index (κ2) is 7.15. The lowest BCUT2D eigenvalue weighted by atomic mass is 10.0. The average molecular weight is 242 g/mol. The summed E-state index contributed by atoms with van der Waals surface area (Å²) in [5, 5.41) is 27.0. The van der Waals surface area contributed by atoms with Gasteiger partial charge >= 0.3 is 0 Å². The minimum absolute atomic E-state index is 0.275. The van der Waals surface area contributed by atoms with E-state index in [1.54, 1.807) is 0 Å². The van der Waals surface area contributed by atoms with Gasteiger partial charge in [-0.3, -0.25) is 5.50 Å². The number of carbonyl (C=O) groups is 1. The second-order valence-electron chi connectivity index (χ2n) is 2.83. The third-order valence-electron chi connectivity index (χ3n) is 1.68. The van der Waals surface area contributed by atoms with E-state index in [1.807, 2.05) is 0 Å². The smallest absolute Gasteiger partial charge is 0.250 e. The molecule has 15 heavy (non-hydrogen) atoms. The van der Waals surface area contributed by atoms with Gasteiger partial charge in [-0.2, -0.15) is 0 Å². The Balaban J connectivity index is 4.53. The molecule has 0 radical (unpaired) electrons. The number of aldehydes is 1. The van der Waals surface area contributed by atoms with Gasteiger partial charge in [0.25, 0.3) is 8.53 Å². The quantitative estimate of drug-likeness (QED) is 0.201. The molecule has 0 aliphatic heterocycles. The molecule has 0 rings (SSSR count). The van der Waals surface area contributed by atoms with E-state index in [0.29, 0.717) is 0 Å². The summed E-state index contributed by atoms with van der Waals surface area (Å²) in [6.45, 7) is -0.736. The molecule has 0 heterocycles. The first-order chi connectivity index (χ1) is 6.93. The van der Waals surface area contributed by atoms with E-state index in [4.69, 9.17) is 26.3 Å². The van der Waals surface area contributed by atoms with E-state index in [1.165, 1.54) is 0 Å². The van der Waals surface area contributed by atoms with Crippen LogP contribution in [-0.4, -0.2) is 57.5 Å². The lowest BCUT2D eigenvalue weighted by Crippen LogP contribution is -2.51. The van der Waals surface area contributed by atoms with Crippen molar-refractivity contribution in [1.29, 1.82) is 0 Å². The first kappa shape index (κ1) is 14.8. The number of carbonyl (C=O) groups excluding carboxylic acids is 1. The van der Waals surface area contributed by atoms with Gasteiger partial charge in [-0.1, -0.05) is 0 Å². The van der Waals surface area contributed by atoms with Crippen LogP contribution in [0.1, 0.15) is 0 Å². The monoisotopic (exact) mass is 242 g/mol. The zero-order valence-corrected chi connectivity index (χ0v) is 8.70. The highest BCUT2D eigenvalue weighted by Crippen LogP contribution is 2.25. The maximum atomic E-state index is 10.4. The molecular weight excluding hydrogens is 227 g/mol. The highest BCUT2D eigenvalue weighted by atomic mass is 31.2. The molecule has 0 amide bonds. The first-order valence-electron chi connectivity index (χ1n) is 4.02. The Morgan fingerprint density at radius 2 is 2.00 bits per heavy atom. The van der Waals surface area contributed by atoms with Crippen LogP contribution >= 0.6 is 8.53 Å². The van der Waals surface area contributed by atoms with E-state index < -0.39 is 39.5 Å². The predicted molar refractivity (Wildman–Crippen MR) is 51.3 cm³/mol. The van der Waals surface area contributed by atoms with E-state index in [9.17, 15) is 9.90 Å². The van der Waals surface area contributed by atoms with Gasteiger partial charge in [0.1, 0.15) is 24.6 Å². The molecule has 0 fully saturated rings. The molecule has 0 saturated heterocycles. The van der Waals surface area contributed by atoms with Crippen molar-refractivity contribution in [3.05, 3.63) is 0 Å². The number of hydrogen-bond donors (Lipinski definition) is 6. The normalized spacial score (nSPS) is 21.5. The molecule has 0 saturated carbocycles. The SMILES string of the molecule is N[C@@H](C=O)[C@@H](OP(N)O)[C@@H](O)[C@H](O)CO. The first-order valence-corrected chi connectivity index (χ1v) is 5.30. The third kappa shape index (κ3) is 4.92. The van der Waals surface area contributed by atoms with Crippen molar-refractivity contribution < 1.29 is 29.5 Å². The summed E-state index contributed by atoms with van der Waals surface area (Å²) in [5.74, 6) is 0. The van der Waals surface area contributed by atoms with Crippen molar-refractivity contribution in [2.24, 2.45) is 11.2 Å². The van der Waals surface area contributed by atoms with Crippen molar-refractivity contribution in [1.82, 2.24) is 0 Å². The molecule has 9 heteroatoms. The fraction of sp³-hybridized carbons (Fsp3) is 0.833. The highest BCUT2D eigenvalue weighted by Gasteiger charge is 2.33. The molecule has 0 aliphatic carbocycles. The van der Waals surface area contributed by atoms with Crippen molar-refractivity contribution >= 4 is 14.8 Å². The average Bonchev–Trinajstić information content (AvgIpc) is 2.22. The van der Waals surface area contributed by atoms with E-state index >= 15 is 0 Å². The van der Waals surface area contributed by atoms with Crippen molar-refractivity contribution in [2.75, 3.05) is 6.61 Å². The van der Waals surface area contributed by atoms with Crippen LogP contribution in [0.3, 0.4) is 0 Å². The standard InChI is InChI=1S/C6H15N2O6P/c7-3(1-9)6(14-15(8)13)5(12)4(11)2-10/h1,3-6,10-13H,2,7-8H2/t3-,4+,5-,6+,15?/m0/s1. The van der Waals surface area contributed by atoms with E-state index in [0.717, 1.165) is 0 Å². The van der Waals surface area contributed by atoms with Crippen LogP contribution in [0.4, 0.5) is 0 Å². The van der Waals surface area contributed by atoms with E-state index in [-0.39, 0.29) is 6.29 Å². The number of aliphatic hydroxyl groups excluding tert-OH is 3. The number of hydrogen-bond acceptors (Lipinski definition) is 8. The van der Waals surface area contributed by atoms with Crippen LogP contribution in [0.25, 0.3) is 0 Å². The molecule has 0 aromatic rings. The van der Waals surface area contributed by atoms with Crippen molar-refractivity contribution in [3.63, 3.8) is 0 Å². The Morgan fingerprint density at radius 1 is 1.47 bits per heavy atom. The molecule has 0 aliphatic rings. The van der Waals surface area contributed by atoms with Gasteiger partial charge < -0.3 is 35.3 Å². The summed E-state index contributed by atoms with van der Waals surface area (Å²) in [6.07, 6.45) is -4.24. The molecule has 0 spiro atoms. The molecular formula is C6H15N2O6P. The topological polar surface area (TPSA) is 159 Å². The van der Waals surface area contributed by atoms with Gasteiger partial charge in [0.15, 0.2) is 0 Å². The van der Waals surface area contributed by atoms with E-state index in [2.05, 4.69) is 4.52 Å². The minimum atomic E-state index is -2.33. The number of rotatable bonds is 7. The maximum absolute atomic E-state index is 10.4. The highest BCUT2D eigenvalue weighted by molar-refractivity contribution is 7.43. The molecule has 0 bridgehead atoms. The minimum Gasteiger partial charge on any atom is -0.394 e. The summed E-state index contributed by atoms with van der Waals surface area (Å²) in [6, 6.07) is -1.26. The molecule has 5 atom stereocenters. The fourth-order valence-corrected chi connectivity index (χ4v) is 1.40. The van der Waals surface area contributed by atoms with Gasteiger partial charge in [0, 0.05) is 0 Å². The summed E-state index contributed by atoms with van der Waals surface area (Å²) in [7, 11) is -2.33. The zero-order chi connectivity index (χ0) is 12.0. The summed E-state index contributed by atoms with van der Waals surface area (Å²) < 4.78 is 4.61. The van der Waals surface area contributed by atoms with Crippen molar-refractivity contribution in [3.8, 4) is 0 Å². The largest absolute Gasteiger partial charge is 0.394 e. The van der Waals surface area contributed by atoms with Gasteiger partial charge in [-0.25, -0.2) is 0 Å². The van der Waals surface area contributed by atoms with Gasteiger partial charge in [0.2, 0.25) is 0 Å². The number of aliphatic hydroxyl groups is 3. The molecule has 0 aromatic carbocycles. The molecule has 8 nitrogen and oxygen atoms in total. The molecule has 90 valence electrons. The maximum Gasteiger partial charge on any atom is 0.250 e. The summed E-state index contributed by atoms with van der Waals surface area (Å²) >= 11 is 0. The summed E-state index contributed by atoms with van der Waals surface area (Å²) in [4.78, 5) is 19.1. The van der Waals surface area contributed by atoms with Crippen LogP contribution in [0.2, 0.25) is 0 Å². The van der Waals surface area contributed by atoms with Gasteiger partial charge in [0.05, 0.1) is 12.6 Å². The van der Waals surface area contributed by atoms with Crippen molar-refractivity contribution in [2.45, 2.75) is 24.4 Å². The van der Waals surface area contributed by atoms with Gasteiger partial charge in [-0.15, -0.1) is 0 Å². The van der Waals surface area contributed by atoms with Gasteiger partial charge in [-0.05, 0) is 0 Å². The lowest BCUT2D eigenvalue weighted by Gasteiger charge is -2.28. The molecule has 1 unspecified atom stereocenters. The Kier molecular flexibility index (Phi) is 7.07. The Bertz CT molecular complexity index is 194. The molecule has 8 N–H and O–H groups in total. The lowest BCUT2D eigenvalue weighted by molar-refractivity contribution is -0.116. The fourth-order valence-electron chi connectivity index (χ4n) is 0.889. The Hall–Kier alpha value is -0.180. The Labute approximate surface area is 87.4 Å². The van der Waals surface area contributed by atoms with Crippen LogP contribution < -0.4 is 11.2 Å². The van der Waals surface area contributed by atoms with Crippen LogP contribution in [0.15, 0.2) is 0 Å². The van der Waals surface area contributed by atoms with Crippen LogP contribution in [0, 0.1) is 0 Å². The summed E-state index contributed by atoms with van der Waals surface area (Å²) in [5.41, 5.74) is 10.2. The zero-order valence-electron chi connectivity index (χ0n) is 7.80. The molecule has 0 aromatic heterocycles. The van der Waals surface area contributed by atoms with Crippen LogP contribution in [0.5, 0.6) is 0 Å². The van der Waals surface area contributed by atoms with Crippen LogP contribution in [-0.2, 0) is 9.32 Å². The Morgan fingerprint density at radius 3 is 2.33 bits per heavy atom. The third-order valence-corrected chi connectivity index (χ3v) is 2.14. The predicted octanol–water partition coefficient (Wildman–Crippen LogP) is -3.21. The second-order valence-corrected chi connectivity index (χ2v) is 3.64.